The van der Waals surface area contributed by atoms with E-state index >= 15 is 0 Å². The fraction of sp³-hybridized carbons (Fsp3) is 0.500. The molecule has 0 aliphatic carbocycles. The standard InChI is InChI=1S/C18H23N5S/c1-14-19-8-11-22(14)10-7-16-4-2-3-9-23(16)13-15-5-6-17-18(12-15)21-24-20-17/h5-6,8,11-12,16H,2-4,7,9-10,13H2,1H3. The van der Waals surface area contributed by atoms with Crippen molar-refractivity contribution in [1.82, 2.24) is 23.2 Å². The fourth-order valence-corrected chi connectivity index (χ4v) is 4.20. The van der Waals surface area contributed by atoms with Crippen LogP contribution in [0.4, 0.5) is 0 Å². The molecule has 0 spiro atoms. The number of likely N-dealkylation sites (tertiary alicyclic amines) is 1. The summed E-state index contributed by atoms with van der Waals surface area (Å²) in [5.74, 6) is 1.11. The Morgan fingerprint density at radius 1 is 1.21 bits per heavy atom. The summed E-state index contributed by atoms with van der Waals surface area (Å²) in [6.07, 6.45) is 9.13. The Kier molecular flexibility index (Phi) is 4.58. The minimum Gasteiger partial charge on any atom is -0.335 e. The number of imidazole rings is 1. The molecule has 0 saturated carbocycles. The zero-order chi connectivity index (χ0) is 16.4. The van der Waals surface area contributed by atoms with Gasteiger partial charge in [0.15, 0.2) is 0 Å². The Morgan fingerprint density at radius 2 is 2.12 bits per heavy atom. The lowest BCUT2D eigenvalue weighted by molar-refractivity contribution is 0.128. The number of hydrogen-bond donors (Lipinski definition) is 0. The molecule has 1 aliphatic rings. The first-order valence-corrected chi connectivity index (χ1v) is 9.45. The summed E-state index contributed by atoms with van der Waals surface area (Å²) in [6.45, 7) is 5.35. The molecule has 24 heavy (non-hydrogen) atoms. The number of aryl methyl sites for hydroxylation is 2. The maximum atomic E-state index is 4.37. The van der Waals surface area contributed by atoms with Gasteiger partial charge in [0.1, 0.15) is 16.9 Å². The first kappa shape index (κ1) is 15.7. The lowest BCUT2D eigenvalue weighted by Crippen LogP contribution is -2.39. The van der Waals surface area contributed by atoms with Gasteiger partial charge in [0.05, 0.1) is 11.7 Å². The van der Waals surface area contributed by atoms with Gasteiger partial charge in [-0.25, -0.2) is 4.98 Å². The minimum absolute atomic E-state index is 0.657. The molecule has 1 aliphatic heterocycles. The third-order valence-electron chi connectivity index (χ3n) is 5.08. The van der Waals surface area contributed by atoms with Gasteiger partial charge in [0.2, 0.25) is 0 Å². The van der Waals surface area contributed by atoms with E-state index in [1.165, 1.54) is 49.5 Å². The van der Waals surface area contributed by atoms with Crippen LogP contribution in [0.2, 0.25) is 0 Å². The summed E-state index contributed by atoms with van der Waals surface area (Å²) in [5.41, 5.74) is 3.38. The third-order valence-corrected chi connectivity index (χ3v) is 5.64. The van der Waals surface area contributed by atoms with E-state index in [9.17, 15) is 0 Å². The summed E-state index contributed by atoms with van der Waals surface area (Å²) in [4.78, 5) is 6.98. The van der Waals surface area contributed by atoms with Crippen LogP contribution in [-0.4, -0.2) is 35.8 Å². The minimum atomic E-state index is 0.657. The van der Waals surface area contributed by atoms with Gasteiger partial charge in [-0.05, 0) is 50.4 Å². The molecule has 3 heterocycles. The molecule has 2 aromatic heterocycles. The zero-order valence-electron chi connectivity index (χ0n) is 14.1. The molecule has 1 aromatic carbocycles. The number of aromatic nitrogens is 4. The number of rotatable bonds is 5. The van der Waals surface area contributed by atoms with E-state index in [1.54, 1.807) is 0 Å². The van der Waals surface area contributed by atoms with Crippen LogP contribution in [0.15, 0.2) is 30.6 Å². The van der Waals surface area contributed by atoms with E-state index in [4.69, 9.17) is 0 Å². The van der Waals surface area contributed by atoms with Crippen molar-refractivity contribution in [2.75, 3.05) is 6.54 Å². The first-order valence-electron chi connectivity index (χ1n) is 8.72. The van der Waals surface area contributed by atoms with Crippen LogP contribution in [0.5, 0.6) is 0 Å². The van der Waals surface area contributed by atoms with Crippen LogP contribution in [0.25, 0.3) is 11.0 Å². The van der Waals surface area contributed by atoms with Crippen molar-refractivity contribution in [3.63, 3.8) is 0 Å². The van der Waals surface area contributed by atoms with Gasteiger partial charge in [-0.2, -0.15) is 8.75 Å². The molecule has 1 atom stereocenters. The van der Waals surface area contributed by atoms with Crippen LogP contribution in [0.3, 0.4) is 0 Å². The number of piperidine rings is 1. The second-order valence-electron chi connectivity index (χ2n) is 6.66. The SMILES string of the molecule is Cc1nccn1CCC1CCCCN1Cc1ccc2nsnc2c1. The lowest BCUT2D eigenvalue weighted by atomic mass is 9.98. The Balaban J connectivity index is 1.44. The highest BCUT2D eigenvalue weighted by molar-refractivity contribution is 7.00. The molecular weight excluding hydrogens is 318 g/mol. The summed E-state index contributed by atoms with van der Waals surface area (Å²) >= 11 is 1.29. The molecule has 126 valence electrons. The van der Waals surface area contributed by atoms with Crippen molar-refractivity contribution < 1.29 is 0 Å². The van der Waals surface area contributed by atoms with Crippen molar-refractivity contribution in [2.24, 2.45) is 0 Å². The quantitative estimate of drug-likeness (QED) is 0.711. The summed E-state index contributed by atoms with van der Waals surface area (Å²) in [7, 11) is 0. The van der Waals surface area contributed by atoms with Gasteiger partial charge in [-0.1, -0.05) is 12.5 Å². The molecule has 3 aromatic rings. The maximum Gasteiger partial charge on any atom is 0.105 e. The molecule has 0 amide bonds. The lowest BCUT2D eigenvalue weighted by Gasteiger charge is -2.36. The number of benzene rings is 1. The van der Waals surface area contributed by atoms with Crippen molar-refractivity contribution in [1.29, 1.82) is 0 Å². The summed E-state index contributed by atoms with van der Waals surface area (Å²) < 4.78 is 10.9. The highest BCUT2D eigenvalue weighted by Gasteiger charge is 2.22. The first-order chi connectivity index (χ1) is 11.8. The molecular formula is C18H23N5S. The van der Waals surface area contributed by atoms with Crippen LogP contribution in [0, 0.1) is 6.92 Å². The van der Waals surface area contributed by atoms with E-state index in [0.717, 1.165) is 29.9 Å². The maximum absolute atomic E-state index is 4.37. The van der Waals surface area contributed by atoms with E-state index in [2.05, 4.69) is 54.5 Å². The second kappa shape index (κ2) is 6.99. The second-order valence-corrected chi connectivity index (χ2v) is 7.19. The zero-order valence-corrected chi connectivity index (χ0v) is 14.9. The van der Waals surface area contributed by atoms with Crippen molar-refractivity contribution >= 4 is 22.8 Å². The molecule has 6 heteroatoms. The predicted octanol–water partition coefficient (Wildman–Crippen LogP) is 3.64. The average molecular weight is 341 g/mol. The average Bonchev–Trinajstić information content (AvgIpc) is 3.22. The molecule has 5 nitrogen and oxygen atoms in total. The molecule has 1 saturated heterocycles. The topological polar surface area (TPSA) is 46.8 Å². The Labute approximate surface area is 146 Å². The highest BCUT2D eigenvalue weighted by atomic mass is 32.1. The van der Waals surface area contributed by atoms with Crippen LogP contribution in [0.1, 0.15) is 37.1 Å². The Bertz CT molecular complexity index is 808. The Morgan fingerprint density at radius 3 is 3.00 bits per heavy atom. The van der Waals surface area contributed by atoms with Crippen LogP contribution >= 0.6 is 11.7 Å². The van der Waals surface area contributed by atoms with Gasteiger partial charge in [0, 0.05) is 31.5 Å². The van der Waals surface area contributed by atoms with Gasteiger partial charge >= 0.3 is 0 Å². The van der Waals surface area contributed by atoms with E-state index in [-0.39, 0.29) is 0 Å². The summed E-state index contributed by atoms with van der Waals surface area (Å²) in [6, 6.07) is 7.16. The van der Waals surface area contributed by atoms with Crippen LogP contribution < -0.4 is 0 Å². The van der Waals surface area contributed by atoms with E-state index < -0.39 is 0 Å². The van der Waals surface area contributed by atoms with E-state index in [0.29, 0.717) is 6.04 Å². The predicted molar refractivity (Wildman–Crippen MR) is 97.0 cm³/mol. The molecule has 1 fully saturated rings. The van der Waals surface area contributed by atoms with Crippen LogP contribution in [-0.2, 0) is 13.1 Å². The molecule has 0 radical (unpaired) electrons. The van der Waals surface area contributed by atoms with Gasteiger partial charge in [-0.15, -0.1) is 0 Å². The number of fused-ring (bicyclic) bond motifs is 1. The molecule has 0 bridgehead atoms. The van der Waals surface area contributed by atoms with Crippen molar-refractivity contribution in [2.45, 2.75) is 51.7 Å². The number of nitrogens with zero attached hydrogens (tertiary/aromatic N) is 5. The summed E-state index contributed by atoms with van der Waals surface area (Å²) in [5, 5.41) is 0. The normalized spacial score (nSPS) is 19.1. The molecule has 0 N–H and O–H groups in total. The smallest absolute Gasteiger partial charge is 0.105 e. The van der Waals surface area contributed by atoms with Gasteiger partial charge in [0.25, 0.3) is 0 Å². The third kappa shape index (κ3) is 3.35. The van der Waals surface area contributed by atoms with Crippen molar-refractivity contribution in [3.8, 4) is 0 Å². The monoisotopic (exact) mass is 341 g/mol. The molecule has 4 rings (SSSR count). The highest BCUT2D eigenvalue weighted by Crippen LogP contribution is 2.24. The van der Waals surface area contributed by atoms with Crippen molar-refractivity contribution in [3.05, 3.63) is 42.0 Å². The fourth-order valence-electron chi connectivity index (χ4n) is 3.68. The number of hydrogen-bond acceptors (Lipinski definition) is 5. The van der Waals surface area contributed by atoms with Gasteiger partial charge in [-0.3, -0.25) is 4.90 Å². The largest absolute Gasteiger partial charge is 0.335 e. The Hall–Kier alpha value is -1.79. The molecule has 1 unspecified atom stereocenters. The van der Waals surface area contributed by atoms with Gasteiger partial charge < -0.3 is 4.57 Å². The van der Waals surface area contributed by atoms with E-state index in [1.807, 2.05) is 6.20 Å².